The molecule has 6 heteroatoms. The van der Waals surface area contributed by atoms with Crippen LogP contribution < -0.4 is 14.8 Å². The quantitative estimate of drug-likeness (QED) is 0.865. The van der Waals surface area contributed by atoms with Crippen LogP contribution in [0.1, 0.15) is 15.9 Å². The number of ether oxygens (including phenoxy) is 2. The van der Waals surface area contributed by atoms with Crippen LogP contribution in [-0.2, 0) is 6.54 Å². The summed E-state index contributed by atoms with van der Waals surface area (Å²) in [6.45, 7) is 0.725. The molecule has 128 valence electrons. The van der Waals surface area contributed by atoms with Crippen LogP contribution in [0.2, 0.25) is 5.02 Å². The molecule has 24 heavy (non-hydrogen) atoms. The molecular weight excluding hydrogens is 328 g/mol. The number of carbonyl (C=O) groups is 1. The molecule has 0 aromatic heterocycles. The van der Waals surface area contributed by atoms with Gasteiger partial charge in [-0.1, -0.05) is 29.8 Å². The Kier molecular flexibility index (Phi) is 6.06. The number of anilines is 1. The number of para-hydroxylation sites is 1. The monoisotopic (exact) mass is 348 g/mol. The Morgan fingerprint density at radius 2 is 1.88 bits per heavy atom. The summed E-state index contributed by atoms with van der Waals surface area (Å²) in [4.78, 5) is 14.6. The Balaban J connectivity index is 2.29. The van der Waals surface area contributed by atoms with Gasteiger partial charge >= 0.3 is 0 Å². The van der Waals surface area contributed by atoms with Crippen molar-refractivity contribution >= 4 is 23.2 Å². The number of hydrogen-bond acceptors (Lipinski definition) is 4. The average molecular weight is 349 g/mol. The molecule has 5 nitrogen and oxygen atoms in total. The summed E-state index contributed by atoms with van der Waals surface area (Å²) in [5, 5.41) is 3.25. The maximum atomic E-state index is 12.6. The van der Waals surface area contributed by atoms with Gasteiger partial charge in [0.05, 0.1) is 19.2 Å². The van der Waals surface area contributed by atoms with E-state index in [2.05, 4.69) is 5.32 Å². The van der Waals surface area contributed by atoms with Gasteiger partial charge in [0.1, 0.15) is 0 Å². The minimum absolute atomic E-state index is 0.260. The molecule has 0 radical (unpaired) electrons. The molecule has 0 fully saturated rings. The fourth-order valence-corrected chi connectivity index (χ4v) is 2.65. The highest BCUT2D eigenvalue weighted by Gasteiger charge is 2.16. The molecule has 0 aliphatic heterocycles. The number of halogens is 1. The molecule has 0 aliphatic carbocycles. The summed E-state index contributed by atoms with van der Waals surface area (Å²) >= 11 is 6.17. The van der Waals surface area contributed by atoms with Crippen LogP contribution in [0, 0.1) is 0 Å². The predicted molar refractivity (Wildman–Crippen MR) is 96.3 cm³/mol. The van der Waals surface area contributed by atoms with E-state index in [1.807, 2.05) is 43.3 Å². The molecule has 2 aromatic rings. The third-order valence-corrected chi connectivity index (χ3v) is 3.73. The van der Waals surface area contributed by atoms with Crippen LogP contribution in [0.25, 0.3) is 0 Å². The first-order chi connectivity index (χ1) is 11.5. The maximum Gasteiger partial charge on any atom is 0.255 e. The van der Waals surface area contributed by atoms with E-state index >= 15 is 0 Å². The van der Waals surface area contributed by atoms with Crippen molar-refractivity contribution in [1.82, 2.24) is 4.90 Å². The first-order valence-corrected chi connectivity index (χ1v) is 7.79. The SMILES string of the molecule is COc1cc(C(=O)Nc2ccccc2CN(C)C)cc(Cl)c1OC. The minimum atomic E-state index is -0.260. The summed E-state index contributed by atoms with van der Waals surface area (Å²) in [7, 11) is 6.96. The number of methoxy groups -OCH3 is 2. The van der Waals surface area contributed by atoms with E-state index in [9.17, 15) is 4.79 Å². The first kappa shape index (κ1) is 18.1. The van der Waals surface area contributed by atoms with Gasteiger partial charge < -0.3 is 19.7 Å². The Hall–Kier alpha value is -2.24. The molecule has 0 aliphatic rings. The van der Waals surface area contributed by atoms with E-state index in [0.717, 1.165) is 17.8 Å². The van der Waals surface area contributed by atoms with E-state index in [4.69, 9.17) is 21.1 Å². The number of amides is 1. The van der Waals surface area contributed by atoms with Crippen LogP contribution >= 0.6 is 11.6 Å². The van der Waals surface area contributed by atoms with Gasteiger partial charge in [0, 0.05) is 17.8 Å². The van der Waals surface area contributed by atoms with Crippen LogP contribution in [0.4, 0.5) is 5.69 Å². The van der Waals surface area contributed by atoms with Crippen molar-refractivity contribution < 1.29 is 14.3 Å². The molecule has 0 saturated heterocycles. The van der Waals surface area contributed by atoms with Gasteiger partial charge in [0.2, 0.25) is 0 Å². The minimum Gasteiger partial charge on any atom is -0.493 e. The number of rotatable bonds is 6. The van der Waals surface area contributed by atoms with Gasteiger partial charge in [-0.05, 0) is 37.9 Å². The number of hydrogen-bond donors (Lipinski definition) is 1. The molecule has 1 amide bonds. The van der Waals surface area contributed by atoms with Gasteiger partial charge in [-0.15, -0.1) is 0 Å². The highest BCUT2D eigenvalue weighted by atomic mass is 35.5. The molecule has 0 unspecified atom stereocenters. The van der Waals surface area contributed by atoms with Crippen molar-refractivity contribution in [1.29, 1.82) is 0 Å². The number of benzene rings is 2. The Labute approximate surface area is 147 Å². The summed E-state index contributed by atoms with van der Waals surface area (Å²) in [5.41, 5.74) is 2.20. The third-order valence-electron chi connectivity index (χ3n) is 3.45. The second-order valence-electron chi connectivity index (χ2n) is 5.54. The van der Waals surface area contributed by atoms with Crippen molar-refractivity contribution in [3.05, 3.63) is 52.5 Å². The third kappa shape index (κ3) is 4.19. The maximum absolute atomic E-state index is 12.6. The fourth-order valence-electron chi connectivity index (χ4n) is 2.36. The van der Waals surface area contributed by atoms with E-state index in [1.54, 1.807) is 12.1 Å². The zero-order valence-corrected chi connectivity index (χ0v) is 15.0. The van der Waals surface area contributed by atoms with E-state index in [0.29, 0.717) is 22.1 Å². The topological polar surface area (TPSA) is 50.8 Å². The van der Waals surface area contributed by atoms with Crippen molar-refractivity contribution in [2.45, 2.75) is 6.54 Å². The van der Waals surface area contributed by atoms with Crippen molar-refractivity contribution in [3.63, 3.8) is 0 Å². The summed E-state index contributed by atoms with van der Waals surface area (Å²) in [5.74, 6) is 0.560. The van der Waals surface area contributed by atoms with E-state index in [-0.39, 0.29) is 5.91 Å². The van der Waals surface area contributed by atoms with Gasteiger partial charge in [-0.2, -0.15) is 0 Å². The first-order valence-electron chi connectivity index (χ1n) is 7.41. The van der Waals surface area contributed by atoms with E-state index in [1.165, 1.54) is 14.2 Å². The standard InChI is InChI=1S/C18H21ClN2O3/c1-21(2)11-12-7-5-6-8-15(12)20-18(22)13-9-14(19)17(24-4)16(10-13)23-3/h5-10H,11H2,1-4H3,(H,20,22). The predicted octanol–water partition coefficient (Wildman–Crippen LogP) is 3.67. The molecule has 0 bridgehead atoms. The molecule has 0 heterocycles. The Morgan fingerprint density at radius 3 is 2.50 bits per heavy atom. The van der Waals surface area contributed by atoms with Crippen molar-refractivity contribution in [2.24, 2.45) is 0 Å². The molecule has 2 rings (SSSR count). The van der Waals surface area contributed by atoms with E-state index < -0.39 is 0 Å². The van der Waals surface area contributed by atoms with Gasteiger partial charge in [-0.25, -0.2) is 0 Å². The van der Waals surface area contributed by atoms with Crippen molar-refractivity contribution in [2.75, 3.05) is 33.6 Å². The Morgan fingerprint density at radius 1 is 1.17 bits per heavy atom. The van der Waals surface area contributed by atoms with Crippen LogP contribution in [0.3, 0.4) is 0 Å². The molecular formula is C18H21ClN2O3. The lowest BCUT2D eigenvalue weighted by Gasteiger charge is -2.16. The molecule has 1 N–H and O–H groups in total. The highest BCUT2D eigenvalue weighted by molar-refractivity contribution is 6.32. The zero-order chi connectivity index (χ0) is 17.7. The average Bonchev–Trinajstić information content (AvgIpc) is 2.55. The van der Waals surface area contributed by atoms with Gasteiger partial charge in [0.15, 0.2) is 11.5 Å². The summed E-state index contributed by atoms with van der Waals surface area (Å²) in [6, 6.07) is 10.9. The Bertz CT molecular complexity index is 732. The van der Waals surface area contributed by atoms with Crippen LogP contribution in [0.15, 0.2) is 36.4 Å². The lowest BCUT2D eigenvalue weighted by Crippen LogP contribution is -2.16. The lowest BCUT2D eigenvalue weighted by atomic mass is 10.1. The largest absolute Gasteiger partial charge is 0.493 e. The number of nitrogens with one attached hydrogen (secondary N) is 1. The lowest BCUT2D eigenvalue weighted by molar-refractivity contribution is 0.102. The van der Waals surface area contributed by atoms with Crippen LogP contribution in [0.5, 0.6) is 11.5 Å². The summed E-state index contributed by atoms with van der Waals surface area (Å²) < 4.78 is 10.4. The smallest absolute Gasteiger partial charge is 0.255 e. The fraction of sp³-hybridized carbons (Fsp3) is 0.278. The zero-order valence-electron chi connectivity index (χ0n) is 14.2. The van der Waals surface area contributed by atoms with Gasteiger partial charge in [0.25, 0.3) is 5.91 Å². The molecule has 0 atom stereocenters. The second-order valence-corrected chi connectivity index (χ2v) is 5.95. The van der Waals surface area contributed by atoms with Gasteiger partial charge in [-0.3, -0.25) is 4.79 Å². The highest BCUT2D eigenvalue weighted by Crippen LogP contribution is 2.36. The van der Waals surface area contributed by atoms with Crippen LogP contribution in [-0.4, -0.2) is 39.1 Å². The summed E-state index contributed by atoms with van der Waals surface area (Å²) in [6.07, 6.45) is 0. The van der Waals surface area contributed by atoms with Crippen molar-refractivity contribution in [3.8, 4) is 11.5 Å². The number of nitrogens with zero attached hydrogens (tertiary/aromatic N) is 1. The second kappa shape index (κ2) is 8.04. The molecule has 0 spiro atoms. The normalized spacial score (nSPS) is 10.6. The molecule has 0 saturated carbocycles. The molecule has 2 aromatic carbocycles. The number of carbonyl (C=O) groups excluding carboxylic acids is 1.